The van der Waals surface area contributed by atoms with Crippen molar-refractivity contribution in [3.05, 3.63) is 200 Å². The standard InChI is InChI=1S/C50H33N3/c1-4-14-34(15-5-1)35-24-26-36(27-25-35)46-33-47(52-50(51-46)37-16-6-2-7-17-37)43-30-29-40(41-20-10-11-21-42(41)43)38-28-31-49-45(32-38)44-22-12-13-23-48(44)53(49)39-18-8-3-9-19-39/h1-33H/i3D,8D,9D,18D,19D. The summed E-state index contributed by atoms with van der Waals surface area (Å²) < 4.78 is 44.3. The molecule has 0 spiro atoms. The molecule has 0 fully saturated rings. The van der Waals surface area contributed by atoms with Gasteiger partial charge < -0.3 is 4.57 Å². The number of hydrogen-bond donors (Lipinski definition) is 0. The number of para-hydroxylation sites is 2. The molecule has 0 aliphatic carbocycles. The van der Waals surface area contributed by atoms with Crippen molar-refractivity contribution in [3.8, 4) is 61.8 Å². The maximum absolute atomic E-state index is 8.78. The Labute approximate surface area is 315 Å². The minimum atomic E-state index is -0.413. The largest absolute Gasteiger partial charge is 0.309 e. The molecule has 0 amide bonds. The highest BCUT2D eigenvalue weighted by Gasteiger charge is 2.17. The zero-order valence-electron chi connectivity index (χ0n) is 33.5. The van der Waals surface area contributed by atoms with Gasteiger partial charge in [0.05, 0.1) is 29.3 Å². The Hall–Kier alpha value is -7.10. The van der Waals surface area contributed by atoms with Crippen molar-refractivity contribution in [1.82, 2.24) is 14.5 Å². The Balaban J connectivity index is 1.13. The van der Waals surface area contributed by atoms with E-state index in [0.717, 1.165) is 82.9 Å². The van der Waals surface area contributed by atoms with Gasteiger partial charge in [0.1, 0.15) is 0 Å². The molecule has 0 saturated heterocycles. The molecule has 10 rings (SSSR count). The number of rotatable bonds is 6. The molecular weight excluding hydrogens is 643 g/mol. The predicted octanol–water partition coefficient (Wildman–Crippen LogP) is 13.1. The maximum atomic E-state index is 8.78. The molecule has 3 heteroatoms. The fourth-order valence-electron chi connectivity index (χ4n) is 7.42. The maximum Gasteiger partial charge on any atom is 0.160 e. The van der Waals surface area contributed by atoms with Crippen molar-refractivity contribution in [1.29, 1.82) is 0 Å². The van der Waals surface area contributed by atoms with E-state index in [-0.39, 0.29) is 29.9 Å². The van der Waals surface area contributed by atoms with Crippen molar-refractivity contribution in [3.63, 3.8) is 0 Å². The molecule has 248 valence electrons. The third-order valence-corrected chi connectivity index (χ3v) is 9.94. The van der Waals surface area contributed by atoms with Crippen LogP contribution in [-0.2, 0) is 0 Å². The van der Waals surface area contributed by atoms with Crippen LogP contribution in [0.2, 0.25) is 0 Å². The molecule has 0 unspecified atom stereocenters. The number of nitrogens with zero attached hydrogens (tertiary/aromatic N) is 3. The molecule has 2 aromatic heterocycles. The summed E-state index contributed by atoms with van der Waals surface area (Å²) in [4.78, 5) is 10.3. The third kappa shape index (κ3) is 5.47. The van der Waals surface area contributed by atoms with E-state index in [0.29, 0.717) is 5.82 Å². The highest BCUT2D eigenvalue weighted by Crippen LogP contribution is 2.40. The van der Waals surface area contributed by atoms with Gasteiger partial charge in [0.2, 0.25) is 0 Å². The van der Waals surface area contributed by atoms with Crippen LogP contribution >= 0.6 is 0 Å². The van der Waals surface area contributed by atoms with Gasteiger partial charge in [-0.2, -0.15) is 0 Å². The van der Waals surface area contributed by atoms with Crippen LogP contribution in [0.5, 0.6) is 0 Å². The van der Waals surface area contributed by atoms with E-state index in [4.69, 9.17) is 16.8 Å². The van der Waals surface area contributed by atoms with E-state index in [1.54, 1.807) is 4.57 Å². The predicted molar refractivity (Wildman–Crippen MR) is 221 cm³/mol. The van der Waals surface area contributed by atoms with Crippen molar-refractivity contribution in [2.45, 2.75) is 0 Å². The minimum Gasteiger partial charge on any atom is -0.309 e. The van der Waals surface area contributed by atoms with Crippen molar-refractivity contribution < 1.29 is 6.85 Å². The molecule has 0 radical (unpaired) electrons. The van der Waals surface area contributed by atoms with Crippen LogP contribution in [0.3, 0.4) is 0 Å². The number of hydrogen-bond acceptors (Lipinski definition) is 2. The van der Waals surface area contributed by atoms with Crippen LogP contribution in [0.15, 0.2) is 200 Å². The summed E-state index contributed by atoms with van der Waals surface area (Å²) in [5.41, 5.74) is 10.5. The van der Waals surface area contributed by atoms with Crippen molar-refractivity contribution in [2.75, 3.05) is 0 Å². The van der Waals surface area contributed by atoms with E-state index in [1.807, 2.05) is 91.0 Å². The van der Waals surface area contributed by atoms with Crippen molar-refractivity contribution in [2.24, 2.45) is 0 Å². The molecule has 3 nitrogen and oxygen atoms in total. The third-order valence-electron chi connectivity index (χ3n) is 9.94. The van der Waals surface area contributed by atoms with Gasteiger partial charge in [-0.15, -0.1) is 0 Å². The average Bonchev–Trinajstić information content (AvgIpc) is 3.61. The molecule has 0 aliphatic heterocycles. The van der Waals surface area contributed by atoms with Crippen LogP contribution in [0.4, 0.5) is 0 Å². The summed E-state index contributed by atoms with van der Waals surface area (Å²) in [5.74, 6) is 0.648. The first-order valence-corrected chi connectivity index (χ1v) is 17.6. The minimum absolute atomic E-state index is 0.131. The van der Waals surface area contributed by atoms with Crippen LogP contribution in [0, 0.1) is 0 Å². The van der Waals surface area contributed by atoms with Gasteiger partial charge in [0, 0.05) is 33.2 Å². The fourth-order valence-corrected chi connectivity index (χ4v) is 7.42. The lowest BCUT2D eigenvalue weighted by atomic mass is 9.92. The van der Waals surface area contributed by atoms with Crippen LogP contribution in [0.1, 0.15) is 6.85 Å². The molecule has 0 N–H and O–H groups in total. The Morgan fingerprint density at radius 2 is 0.925 bits per heavy atom. The van der Waals surface area contributed by atoms with E-state index >= 15 is 0 Å². The van der Waals surface area contributed by atoms with Crippen molar-refractivity contribution >= 4 is 32.6 Å². The SMILES string of the molecule is [2H]c1c([2H])c([2H])c(-n2c3ccccc3c3cc(-c4ccc(-c5cc(-c6ccc(-c7ccccc7)cc6)nc(-c6ccccc6)n5)c5ccccc45)ccc32)c([2H])c1[2H]. The Morgan fingerprint density at radius 1 is 0.377 bits per heavy atom. The quantitative estimate of drug-likeness (QED) is 0.175. The van der Waals surface area contributed by atoms with Gasteiger partial charge >= 0.3 is 0 Å². The number of aromatic nitrogens is 3. The Morgan fingerprint density at radius 3 is 1.68 bits per heavy atom. The van der Waals surface area contributed by atoms with E-state index in [1.165, 1.54) is 0 Å². The molecule has 0 bridgehead atoms. The highest BCUT2D eigenvalue weighted by molar-refractivity contribution is 6.12. The van der Waals surface area contributed by atoms with Crippen LogP contribution in [0.25, 0.3) is 94.4 Å². The number of fused-ring (bicyclic) bond motifs is 4. The average molecular weight is 681 g/mol. The lowest BCUT2D eigenvalue weighted by molar-refractivity contribution is 1.18. The summed E-state index contributed by atoms with van der Waals surface area (Å²) in [6.45, 7) is 0. The van der Waals surface area contributed by atoms with E-state index in [9.17, 15) is 0 Å². The molecule has 0 saturated carbocycles. The van der Waals surface area contributed by atoms with Gasteiger partial charge in [0.15, 0.2) is 5.82 Å². The molecule has 53 heavy (non-hydrogen) atoms. The van der Waals surface area contributed by atoms with Gasteiger partial charge in [-0.05, 0) is 69.4 Å². The monoisotopic (exact) mass is 680 g/mol. The van der Waals surface area contributed by atoms with E-state index in [2.05, 4.69) is 78.9 Å². The summed E-state index contributed by atoms with van der Waals surface area (Å²) >= 11 is 0. The summed E-state index contributed by atoms with van der Waals surface area (Å²) in [6, 6.07) is 56.0. The topological polar surface area (TPSA) is 30.7 Å². The lowest BCUT2D eigenvalue weighted by Gasteiger charge is -2.14. The smallest absolute Gasteiger partial charge is 0.160 e. The van der Waals surface area contributed by atoms with E-state index < -0.39 is 6.04 Å². The van der Waals surface area contributed by atoms with Gasteiger partial charge in [0.25, 0.3) is 0 Å². The normalized spacial score (nSPS) is 12.7. The molecule has 0 atom stereocenters. The first-order chi connectivity index (χ1) is 28.4. The van der Waals surface area contributed by atoms with Gasteiger partial charge in [-0.1, -0.05) is 164 Å². The first kappa shape index (κ1) is 25.8. The summed E-state index contributed by atoms with van der Waals surface area (Å²) in [5, 5.41) is 3.94. The first-order valence-electron chi connectivity index (χ1n) is 20.1. The van der Waals surface area contributed by atoms with Crippen LogP contribution in [-0.4, -0.2) is 14.5 Å². The molecule has 0 aliphatic rings. The van der Waals surface area contributed by atoms with Crippen LogP contribution < -0.4 is 0 Å². The second-order valence-electron chi connectivity index (χ2n) is 13.0. The lowest BCUT2D eigenvalue weighted by Crippen LogP contribution is -1.97. The second-order valence-corrected chi connectivity index (χ2v) is 13.0. The second kappa shape index (κ2) is 12.9. The fraction of sp³-hybridized carbons (Fsp3) is 0. The van der Waals surface area contributed by atoms with Gasteiger partial charge in [-0.3, -0.25) is 0 Å². The summed E-state index contributed by atoms with van der Waals surface area (Å²) in [6.07, 6.45) is 0. The zero-order valence-corrected chi connectivity index (χ0v) is 28.5. The zero-order chi connectivity index (χ0) is 39.5. The molecule has 10 aromatic rings. The summed E-state index contributed by atoms with van der Waals surface area (Å²) in [7, 11) is 0. The highest BCUT2D eigenvalue weighted by atomic mass is 15.0. The molecule has 2 heterocycles. The Bertz CT molecular complexity index is 3190. The van der Waals surface area contributed by atoms with Gasteiger partial charge in [-0.25, -0.2) is 9.97 Å². The molecule has 8 aromatic carbocycles. The Kier molecular flexibility index (Phi) is 6.28. The molecular formula is C50H33N3. The number of benzene rings is 8.